The number of nitrogens with one attached hydrogen (secondary N) is 1. The first kappa shape index (κ1) is 12.9. The predicted molar refractivity (Wildman–Crippen MR) is 69.5 cm³/mol. The molecule has 2 N–H and O–H groups in total. The second kappa shape index (κ2) is 6.38. The van der Waals surface area contributed by atoms with Crippen LogP contribution >= 0.6 is 0 Å². The van der Waals surface area contributed by atoms with Crippen LogP contribution in [0.5, 0.6) is 5.75 Å². The number of hydrogen-bond donors (Lipinski definition) is 2. The zero-order valence-electron chi connectivity index (χ0n) is 10.6. The lowest BCUT2D eigenvalue weighted by molar-refractivity contribution is 0.0922. The van der Waals surface area contributed by atoms with Crippen molar-refractivity contribution in [1.82, 2.24) is 10.3 Å². The van der Waals surface area contributed by atoms with Crippen LogP contribution in [-0.4, -0.2) is 22.0 Å². The van der Waals surface area contributed by atoms with Gasteiger partial charge in [0.15, 0.2) is 5.69 Å². The van der Waals surface area contributed by atoms with Gasteiger partial charge in [-0.3, -0.25) is 4.79 Å². The Morgan fingerprint density at radius 1 is 1.22 bits per heavy atom. The van der Waals surface area contributed by atoms with Crippen LogP contribution in [0.3, 0.4) is 0 Å². The van der Waals surface area contributed by atoms with Crippen molar-refractivity contribution < 1.29 is 9.90 Å². The quantitative estimate of drug-likeness (QED) is 0.845. The number of aromatic hydroxyl groups is 1. The molecule has 98 valence electrons. The zero-order valence-corrected chi connectivity index (χ0v) is 10.6. The van der Waals surface area contributed by atoms with Crippen LogP contribution < -0.4 is 5.32 Å². The van der Waals surface area contributed by atoms with E-state index in [1.807, 2.05) is 0 Å². The molecule has 4 nitrogen and oxygen atoms in total. The van der Waals surface area contributed by atoms with Crippen LogP contribution in [0.2, 0.25) is 0 Å². The minimum atomic E-state index is -0.265. The van der Waals surface area contributed by atoms with Gasteiger partial charge in [-0.25, -0.2) is 4.98 Å². The summed E-state index contributed by atoms with van der Waals surface area (Å²) in [4.78, 5) is 15.9. The number of aromatic nitrogens is 1. The molecule has 1 amide bonds. The number of carbonyl (C=O) groups excluding carboxylic acids is 1. The van der Waals surface area contributed by atoms with Gasteiger partial charge < -0.3 is 10.4 Å². The maximum absolute atomic E-state index is 12.0. The van der Waals surface area contributed by atoms with Crippen LogP contribution in [0.15, 0.2) is 18.3 Å². The number of nitrogens with zero attached hydrogens (tertiary/aromatic N) is 1. The lowest BCUT2D eigenvalue weighted by atomic mass is 9.96. The summed E-state index contributed by atoms with van der Waals surface area (Å²) < 4.78 is 0. The summed E-state index contributed by atoms with van der Waals surface area (Å²) in [5, 5.41) is 12.6. The molecule has 1 heterocycles. The summed E-state index contributed by atoms with van der Waals surface area (Å²) in [5.41, 5.74) is 0.125. The first-order chi connectivity index (χ1) is 8.77. The van der Waals surface area contributed by atoms with Gasteiger partial charge in [0, 0.05) is 12.2 Å². The van der Waals surface area contributed by atoms with Crippen molar-refractivity contribution in [3.63, 3.8) is 0 Å². The molecule has 0 aliphatic heterocycles. The highest BCUT2D eigenvalue weighted by Gasteiger charge is 2.17. The Morgan fingerprint density at radius 3 is 2.56 bits per heavy atom. The molecule has 0 atom stereocenters. The Balaban J connectivity index is 1.95. The standard InChI is InChI=1S/C14H20N2O2/c17-12-9-6-10-15-13(12)14(18)16-11-7-4-2-1-3-5-8-11/h6,9-11,17H,1-5,7-8H2,(H,16,18). The molecule has 0 aromatic carbocycles. The lowest BCUT2D eigenvalue weighted by Crippen LogP contribution is -2.35. The van der Waals surface area contributed by atoms with E-state index in [9.17, 15) is 9.90 Å². The molecule has 0 radical (unpaired) electrons. The Bertz CT molecular complexity index is 399. The molecule has 0 saturated heterocycles. The van der Waals surface area contributed by atoms with Gasteiger partial charge in [0.05, 0.1) is 0 Å². The fraction of sp³-hybridized carbons (Fsp3) is 0.571. The van der Waals surface area contributed by atoms with Gasteiger partial charge in [-0.1, -0.05) is 32.1 Å². The van der Waals surface area contributed by atoms with E-state index >= 15 is 0 Å². The number of amides is 1. The first-order valence-corrected chi connectivity index (χ1v) is 6.72. The molecule has 18 heavy (non-hydrogen) atoms. The highest BCUT2D eigenvalue weighted by Crippen LogP contribution is 2.18. The molecule has 1 aliphatic carbocycles. The number of hydrogen-bond acceptors (Lipinski definition) is 3. The minimum Gasteiger partial charge on any atom is -0.505 e. The second-order valence-corrected chi connectivity index (χ2v) is 4.89. The van der Waals surface area contributed by atoms with Gasteiger partial charge in [0.25, 0.3) is 5.91 Å². The Kier molecular flexibility index (Phi) is 4.56. The molecule has 4 heteroatoms. The maximum Gasteiger partial charge on any atom is 0.273 e. The highest BCUT2D eigenvalue weighted by atomic mass is 16.3. The SMILES string of the molecule is O=C(NC1CCCCCCC1)c1ncccc1O. The average molecular weight is 248 g/mol. The van der Waals surface area contributed by atoms with Crippen molar-refractivity contribution in [3.05, 3.63) is 24.0 Å². The van der Waals surface area contributed by atoms with Crippen LogP contribution in [0.25, 0.3) is 0 Å². The maximum atomic E-state index is 12.0. The zero-order chi connectivity index (χ0) is 12.8. The highest BCUT2D eigenvalue weighted by molar-refractivity contribution is 5.94. The van der Waals surface area contributed by atoms with Crippen molar-refractivity contribution in [2.24, 2.45) is 0 Å². The molecule has 2 rings (SSSR count). The van der Waals surface area contributed by atoms with Crippen molar-refractivity contribution >= 4 is 5.91 Å². The topological polar surface area (TPSA) is 62.2 Å². The van der Waals surface area contributed by atoms with Crippen LogP contribution in [0.1, 0.15) is 55.4 Å². The summed E-state index contributed by atoms with van der Waals surface area (Å²) in [5.74, 6) is -0.320. The van der Waals surface area contributed by atoms with E-state index in [0.717, 1.165) is 12.8 Å². The molecule has 0 spiro atoms. The predicted octanol–water partition coefficient (Wildman–Crippen LogP) is 2.63. The fourth-order valence-corrected chi connectivity index (χ4v) is 2.43. The molecule has 1 saturated carbocycles. The minimum absolute atomic E-state index is 0.0548. The molecule has 1 aromatic heterocycles. The van der Waals surface area contributed by atoms with Gasteiger partial charge >= 0.3 is 0 Å². The van der Waals surface area contributed by atoms with Crippen molar-refractivity contribution in [2.45, 2.75) is 51.0 Å². The van der Waals surface area contributed by atoms with E-state index in [4.69, 9.17) is 0 Å². The number of carbonyl (C=O) groups is 1. The van der Waals surface area contributed by atoms with Crippen molar-refractivity contribution in [1.29, 1.82) is 0 Å². The molecule has 1 aliphatic rings. The number of rotatable bonds is 2. The Labute approximate surface area is 107 Å². The summed E-state index contributed by atoms with van der Waals surface area (Å²) in [6.07, 6.45) is 9.72. The van der Waals surface area contributed by atoms with Gasteiger partial charge in [0.2, 0.25) is 0 Å². The van der Waals surface area contributed by atoms with E-state index in [2.05, 4.69) is 10.3 Å². The first-order valence-electron chi connectivity index (χ1n) is 6.72. The second-order valence-electron chi connectivity index (χ2n) is 4.89. The summed E-state index contributed by atoms with van der Waals surface area (Å²) in [6, 6.07) is 3.32. The summed E-state index contributed by atoms with van der Waals surface area (Å²) >= 11 is 0. The van der Waals surface area contributed by atoms with E-state index in [-0.39, 0.29) is 23.4 Å². The van der Waals surface area contributed by atoms with E-state index in [0.29, 0.717) is 0 Å². The lowest BCUT2D eigenvalue weighted by Gasteiger charge is -2.20. The Hall–Kier alpha value is -1.58. The smallest absolute Gasteiger partial charge is 0.273 e. The fourth-order valence-electron chi connectivity index (χ4n) is 2.43. The van der Waals surface area contributed by atoms with Gasteiger partial charge in [0.1, 0.15) is 5.75 Å². The average Bonchev–Trinajstić information content (AvgIpc) is 2.33. The molecular weight excluding hydrogens is 228 g/mol. The van der Waals surface area contributed by atoms with Crippen LogP contribution in [0.4, 0.5) is 0 Å². The van der Waals surface area contributed by atoms with Gasteiger partial charge in [-0.05, 0) is 25.0 Å². The monoisotopic (exact) mass is 248 g/mol. The van der Waals surface area contributed by atoms with Gasteiger partial charge in [-0.15, -0.1) is 0 Å². The van der Waals surface area contributed by atoms with Gasteiger partial charge in [-0.2, -0.15) is 0 Å². The van der Waals surface area contributed by atoms with E-state index in [1.54, 1.807) is 6.07 Å². The van der Waals surface area contributed by atoms with Crippen molar-refractivity contribution in [2.75, 3.05) is 0 Å². The summed E-state index contributed by atoms with van der Waals surface area (Å²) in [6.45, 7) is 0. The van der Waals surface area contributed by atoms with E-state index in [1.165, 1.54) is 44.4 Å². The van der Waals surface area contributed by atoms with Crippen LogP contribution in [0, 0.1) is 0 Å². The molecule has 1 aromatic rings. The van der Waals surface area contributed by atoms with Crippen molar-refractivity contribution in [3.8, 4) is 5.75 Å². The van der Waals surface area contributed by atoms with Crippen LogP contribution in [-0.2, 0) is 0 Å². The number of pyridine rings is 1. The third-order valence-corrected chi connectivity index (χ3v) is 3.44. The normalized spacial score (nSPS) is 17.8. The third-order valence-electron chi connectivity index (χ3n) is 3.44. The molecule has 1 fully saturated rings. The molecular formula is C14H20N2O2. The summed E-state index contributed by atoms with van der Waals surface area (Å²) in [7, 11) is 0. The third kappa shape index (κ3) is 3.45. The Morgan fingerprint density at radius 2 is 1.89 bits per heavy atom. The molecule has 0 bridgehead atoms. The largest absolute Gasteiger partial charge is 0.505 e. The van der Waals surface area contributed by atoms with E-state index < -0.39 is 0 Å². The molecule has 0 unspecified atom stereocenters.